The zero-order chi connectivity index (χ0) is 16.4. The molecule has 0 fully saturated rings. The predicted octanol–water partition coefficient (Wildman–Crippen LogP) is -0.146. The average molecular weight is 301 g/mol. The topological polar surface area (TPSA) is 79.0 Å². The van der Waals surface area contributed by atoms with Crippen molar-refractivity contribution in [3.05, 3.63) is 0 Å². The van der Waals surface area contributed by atoms with Crippen LogP contribution in [0.1, 0.15) is 27.2 Å². The maximum Gasteiger partial charge on any atom is 0.306 e. The molecule has 1 N–H and O–H groups in total. The molecule has 0 radical (unpaired) electrons. The summed E-state index contributed by atoms with van der Waals surface area (Å²) in [6.07, 6.45) is 0.236. The summed E-state index contributed by atoms with van der Waals surface area (Å²) in [5, 5.41) is 2.76. The summed E-state index contributed by atoms with van der Waals surface area (Å²) in [7, 11) is 3.09. The highest BCUT2D eigenvalue weighted by molar-refractivity contribution is 5.85. The van der Waals surface area contributed by atoms with Gasteiger partial charge in [-0.05, 0) is 27.8 Å². The Morgan fingerprint density at radius 3 is 2.29 bits per heavy atom. The SMILES string of the molecule is CCN(CC(=O)NC(C)C)C(=O)CN(C)CCC(=O)OC. The number of esters is 1. The van der Waals surface area contributed by atoms with Crippen molar-refractivity contribution in [1.82, 2.24) is 15.1 Å². The van der Waals surface area contributed by atoms with Crippen LogP contribution in [-0.4, -0.2) is 74.0 Å². The van der Waals surface area contributed by atoms with Crippen LogP contribution in [0.15, 0.2) is 0 Å². The predicted molar refractivity (Wildman–Crippen MR) is 79.7 cm³/mol. The van der Waals surface area contributed by atoms with Crippen molar-refractivity contribution in [3.8, 4) is 0 Å². The molecule has 0 aromatic carbocycles. The number of hydrogen-bond donors (Lipinski definition) is 1. The van der Waals surface area contributed by atoms with Crippen molar-refractivity contribution in [2.45, 2.75) is 33.2 Å². The van der Waals surface area contributed by atoms with Crippen molar-refractivity contribution in [2.75, 3.05) is 40.3 Å². The Hall–Kier alpha value is -1.63. The van der Waals surface area contributed by atoms with Crippen LogP contribution in [0.3, 0.4) is 0 Å². The van der Waals surface area contributed by atoms with Gasteiger partial charge in [-0.3, -0.25) is 19.3 Å². The van der Waals surface area contributed by atoms with E-state index in [0.717, 1.165) is 0 Å². The Bertz CT molecular complexity index is 358. The van der Waals surface area contributed by atoms with Crippen molar-refractivity contribution in [2.24, 2.45) is 0 Å². The first-order valence-electron chi connectivity index (χ1n) is 7.12. The Balaban J connectivity index is 4.26. The molecule has 0 aliphatic heterocycles. The molecule has 0 aromatic rings. The first-order chi connectivity index (χ1) is 9.79. The van der Waals surface area contributed by atoms with Gasteiger partial charge in [0.05, 0.1) is 26.6 Å². The number of nitrogens with zero attached hydrogens (tertiary/aromatic N) is 2. The van der Waals surface area contributed by atoms with Crippen LogP contribution >= 0.6 is 0 Å². The first-order valence-corrected chi connectivity index (χ1v) is 7.12. The standard InChI is InChI=1S/C14H27N3O4/c1-6-17(9-12(18)15-11(2)3)13(19)10-16(4)8-7-14(20)21-5/h11H,6-10H2,1-5H3,(H,15,18). The van der Waals surface area contributed by atoms with Crippen molar-refractivity contribution < 1.29 is 19.1 Å². The van der Waals surface area contributed by atoms with E-state index in [1.54, 1.807) is 11.9 Å². The van der Waals surface area contributed by atoms with E-state index >= 15 is 0 Å². The minimum absolute atomic E-state index is 0.0500. The number of ether oxygens (including phenoxy) is 1. The largest absolute Gasteiger partial charge is 0.469 e. The number of rotatable bonds is 9. The summed E-state index contributed by atoms with van der Waals surface area (Å²) in [5.41, 5.74) is 0. The summed E-state index contributed by atoms with van der Waals surface area (Å²) >= 11 is 0. The summed E-state index contributed by atoms with van der Waals surface area (Å²) < 4.78 is 4.55. The molecular weight excluding hydrogens is 274 g/mol. The highest BCUT2D eigenvalue weighted by Gasteiger charge is 2.17. The molecule has 0 saturated heterocycles. The van der Waals surface area contributed by atoms with Crippen molar-refractivity contribution >= 4 is 17.8 Å². The van der Waals surface area contributed by atoms with Gasteiger partial charge in [0.25, 0.3) is 0 Å². The lowest BCUT2D eigenvalue weighted by molar-refractivity contribution is -0.141. The number of carbonyl (C=O) groups is 3. The molecule has 0 aliphatic carbocycles. The minimum Gasteiger partial charge on any atom is -0.469 e. The molecule has 7 nitrogen and oxygen atoms in total. The normalized spacial score (nSPS) is 10.6. The van der Waals surface area contributed by atoms with Gasteiger partial charge in [0, 0.05) is 19.1 Å². The number of methoxy groups -OCH3 is 1. The van der Waals surface area contributed by atoms with Gasteiger partial charge < -0.3 is 15.0 Å². The van der Waals surface area contributed by atoms with Gasteiger partial charge in [-0.15, -0.1) is 0 Å². The number of likely N-dealkylation sites (N-methyl/N-ethyl adjacent to an activating group) is 2. The monoisotopic (exact) mass is 301 g/mol. The maximum atomic E-state index is 12.1. The third kappa shape index (κ3) is 9.01. The van der Waals surface area contributed by atoms with Crippen LogP contribution in [-0.2, 0) is 19.1 Å². The Labute approximate surface area is 126 Å². The third-order valence-corrected chi connectivity index (χ3v) is 2.85. The summed E-state index contributed by atoms with van der Waals surface area (Å²) in [5.74, 6) is -0.612. The molecule has 0 spiro atoms. The number of hydrogen-bond acceptors (Lipinski definition) is 5. The van der Waals surface area contributed by atoms with Gasteiger partial charge >= 0.3 is 5.97 Å². The number of carbonyl (C=O) groups excluding carboxylic acids is 3. The summed E-state index contributed by atoms with van der Waals surface area (Å²) in [4.78, 5) is 38.1. The second kappa shape index (κ2) is 10.1. The van der Waals surface area contributed by atoms with Gasteiger partial charge in [-0.25, -0.2) is 0 Å². The molecule has 0 rings (SSSR count). The first kappa shape index (κ1) is 19.4. The summed E-state index contributed by atoms with van der Waals surface area (Å²) in [6, 6.07) is 0.0500. The smallest absolute Gasteiger partial charge is 0.306 e. The van der Waals surface area contributed by atoms with Crippen LogP contribution in [0.2, 0.25) is 0 Å². The van der Waals surface area contributed by atoms with E-state index in [1.165, 1.54) is 12.0 Å². The van der Waals surface area contributed by atoms with Crippen molar-refractivity contribution in [3.63, 3.8) is 0 Å². The zero-order valence-electron chi connectivity index (χ0n) is 13.6. The van der Waals surface area contributed by atoms with E-state index in [-0.39, 0.29) is 43.3 Å². The van der Waals surface area contributed by atoms with E-state index in [4.69, 9.17) is 0 Å². The molecule has 0 saturated carbocycles. The average Bonchev–Trinajstić information content (AvgIpc) is 2.40. The molecule has 0 aliphatic rings. The molecule has 0 atom stereocenters. The van der Waals surface area contributed by atoms with Gasteiger partial charge in [0.1, 0.15) is 0 Å². The Kier molecular flexibility index (Phi) is 9.36. The molecule has 122 valence electrons. The molecule has 0 heterocycles. The summed E-state index contributed by atoms with van der Waals surface area (Å²) in [6.45, 7) is 6.70. The van der Waals surface area contributed by atoms with Gasteiger partial charge in [0.2, 0.25) is 11.8 Å². The molecule has 0 bridgehead atoms. The van der Waals surface area contributed by atoms with Crippen LogP contribution < -0.4 is 5.32 Å². The molecule has 0 aromatic heterocycles. The molecule has 21 heavy (non-hydrogen) atoms. The van der Waals surface area contributed by atoms with Crippen LogP contribution in [0, 0.1) is 0 Å². The van der Waals surface area contributed by atoms with Gasteiger partial charge in [-0.1, -0.05) is 0 Å². The fourth-order valence-electron chi connectivity index (χ4n) is 1.71. The Morgan fingerprint density at radius 1 is 1.19 bits per heavy atom. The zero-order valence-corrected chi connectivity index (χ0v) is 13.6. The molecule has 7 heteroatoms. The van der Waals surface area contributed by atoms with E-state index in [9.17, 15) is 14.4 Å². The quantitative estimate of drug-likeness (QED) is 0.599. The number of amides is 2. The molecule has 2 amide bonds. The van der Waals surface area contributed by atoms with Crippen LogP contribution in [0.4, 0.5) is 0 Å². The van der Waals surface area contributed by atoms with Crippen LogP contribution in [0.25, 0.3) is 0 Å². The lowest BCUT2D eigenvalue weighted by atomic mass is 10.3. The van der Waals surface area contributed by atoms with Gasteiger partial charge in [0.15, 0.2) is 0 Å². The second-order valence-corrected chi connectivity index (χ2v) is 5.19. The highest BCUT2D eigenvalue weighted by atomic mass is 16.5. The van der Waals surface area contributed by atoms with Crippen LogP contribution in [0.5, 0.6) is 0 Å². The minimum atomic E-state index is -0.307. The number of nitrogens with one attached hydrogen (secondary N) is 1. The fraction of sp³-hybridized carbons (Fsp3) is 0.786. The van der Waals surface area contributed by atoms with Crippen molar-refractivity contribution in [1.29, 1.82) is 0 Å². The van der Waals surface area contributed by atoms with Gasteiger partial charge in [-0.2, -0.15) is 0 Å². The fourth-order valence-corrected chi connectivity index (χ4v) is 1.71. The highest BCUT2D eigenvalue weighted by Crippen LogP contribution is 1.96. The van der Waals surface area contributed by atoms with E-state index < -0.39 is 0 Å². The lowest BCUT2D eigenvalue weighted by Crippen LogP contribution is -2.45. The molecular formula is C14H27N3O4. The molecule has 0 unspecified atom stereocenters. The van der Waals surface area contributed by atoms with E-state index in [1.807, 2.05) is 20.8 Å². The lowest BCUT2D eigenvalue weighted by Gasteiger charge is -2.24. The maximum absolute atomic E-state index is 12.1. The Morgan fingerprint density at radius 2 is 1.81 bits per heavy atom. The van der Waals surface area contributed by atoms with E-state index in [0.29, 0.717) is 13.1 Å². The van der Waals surface area contributed by atoms with E-state index in [2.05, 4.69) is 10.1 Å². The third-order valence-electron chi connectivity index (χ3n) is 2.85. The second-order valence-electron chi connectivity index (χ2n) is 5.19.